The molecule has 0 amide bonds. The Hall–Kier alpha value is -1.33. The Kier molecular flexibility index (Phi) is 3.81. The van der Waals surface area contributed by atoms with Crippen LogP contribution < -0.4 is 0 Å². The lowest BCUT2D eigenvalue weighted by Gasteiger charge is -2.45. The fourth-order valence-electron chi connectivity index (χ4n) is 3.94. The van der Waals surface area contributed by atoms with E-state index in [-0.39, 0.29) is 17.6 Å². The molecule has 0 unspecified atom stereocenters. The summed E-state index contributed by atoms with van der Waals surface area (Å²) in [5.41, 5.74) is 1.74. The molecule has 0 radical (unpaired) electrons. The molecule has 1 saturated carbocycles. The summed E-state index contributed by atoms with van der Waals surface area (Å²) in [4.78, 5) is 12.3. The Morgan fingerprint density at radius 1 is 1.32 bits per heavy atom. The first kappa shape index (κ1) is 15.6. The van der Waals surface area contributed by atoms with E-state index in [4.69, 9.17) is 0 Å². The Morgan fingerprint density at radius 2 is 1.95 bits per heavy atom. The number of halogens is 1. The number of carbonyl (C=O) groups is 1. The molecule has 0 aromatic heterocycles. The maximum atomic E-state index is 12.3. The lowest BCUT2D eigenvalue weighted by molar-refractivity contribution is -0.131. The van der Waals surface area contributed by atoms with Gasteiger partial charge in [-0.3, -0.25) is 4.79 Å². The summed E-state index contributed by atoms with van der Waals surface area (Å²) < 4.78 is 0.990. The van der Waals surface area contributed by atoms with E-state index >= 15 is 0 Å². The molecule has 1 aliphatic carbocycles. The zero-order valence-electron chi connectivity index (χ0n) is 12.9. The van der Waals surface area contributed by atoms with Gasteiger partial charge in [0.15, 0.2) is 0 Å². The number of nitrogens with zero attached hydrogens (tertiary/aromatic N) is 2. The molecule has 4 atom stereocenters. The van der Waals surface area contributed by atoms with Crippen molar-refractivity contribution in [2.75, 3.05) is 0 Å². The molecule has 1 N–H and O–H groups in total. The van der Waals surface area contributed by atoms with Crippen LogP contribution in [0, 0.1) is 11.8 Å². The third-order valence-corrected chi connectivity index (χ3v) is 5.29. The standard InChI is InChI=1S/C17H19BrN2O2/c1-9-14-13(20-19-9)8-17(3,22)16(10(2)21)15(14)11-4-6-12(18)7-5-11/h4-7,14-16,22H,8H2,1-3H3/t14-,15+,16+,17-/m0/s1. The third kappa shape index (κ3) is 2.46. The number of aliphatic hydroxyl groups is 1. The van der Waals surface area contributed by atoms with Gasteiger partial charge in [-0.05, 0) is 38.5 Å². The molecule has 2 aliphatic rings. The highest BCUT2D eigenvalue weighted by Gasteiger charge is 2.53. The van der Waals surface area contributed by atoms with E-state index in [0.29, 0.717) is 6.42 Å². The molecular formula is C17H19BrN2O2. The van der Waals surface area contributed by atoms with E-state index in [2.05, 4.69) is 26.1 Å². The van der Waals surface area contributed by atoms with Crippen LogP contribution in [0.3, 0.4) is 0 Å². The monoisotopic (exact) mass is 362 g/mol. The van der Waals surface area contributed by atoms with Crippen molar-refractivity contribution >= 4 is 33.1 Å². The van der Waals surface area contributed by atoms with E-state index in [1.807, 2.05) is 31.2 Å². The number of ketones is 1. The first-order valence-corrected chi connectivity index (χ1v) is 8.20. The predicted molar refractivity (Wildman–Crippen MR) is 90.3 cm³/mol. The van der Waals surface area contributed by atoms with Crippen LogP contribution in [0.5, 0.6) is 0 Å². The second-order valence-corrected chi connectivity index (χ2v) is 7.43. The molecule has 0 spiro atoms. The van der Waals surface area contributed by atoms with E-state index in [0.717, 1.165) is 21.5 Å². The molecule has 1 aromatic carbocycles. The van der Waals surface area contributed by atoms with Crippen LogP contribution in [0.4, 0.5) is 0 Å². The Bertz CT molecular complexity index is 676. The van der Waals surface area contributed by atoms with Crippen molar-refractivity contribution in [3.05, 3.63) is 34.3 Å². The van der Waals surface area contributed by atoms with E-state index in [1.54, 1.807) is 13.8 Å². The zero-order valence-corrected chi connectivity index (χ0v) is 14.5. The number of hydrogen-bond donors (Lipinski definition) is 1. The summed E-state index contributed by atoms with van der Waals surface area (Å²) in [5, 5.41) is 19.3. The van der Waals surface area contributed by atoms with Gasteiger partial charge in [-0.15, -0.1) is 0 Å². The van der Waals surface area contributed by atoms with Gasteiger partial charge >= 0.3 is 0 Å². The highest BCUT2D eigenvalue weighted by molar-refractivity contribution is 9.10. The predicted octanol–water partition coefficient (Wildman–Crippen LogP) is 3.34. The van der Waals surface area contributed by atoms with Crippen molar-refractivity contribution in [2.24, 2.45) is 22.0 Å². The van der Waals surface area contributed by atoms with E-state index < -0.39 is 11.5 Å². The first-order chi connectivity index (χ1) is 10.3. The molecular weight excluding hydrogens is 344 g/mol. The van der Waals surface area contributed by atoms with Crippen molar-refractivity contribution in [3.63, 3.8) is 0 Å². The lowest BCUT2D eigenvalue weighted by Crippen LogP contribution is -2.53. The van der Waals surface area contributed by atoms with Crippen molar-refractivity contribution in [1.82, 2.24) is 0 Å². The maximum absolute atomic E-state index is 12.3. The normalized spacial score (nSPS) is 34.0. The fourth-order valence-corrected chi connectivity index (χ4v) is 4.20. The summed E-state index contributed by atoms with van der Waals surface area (Å²) in [7, 11) is 0. The quantitative estimate of drug-likeness (QED) is 0.876. The van der Waals surface area contributed by atoms with Crippen LogP contribution in [-0.2, 0) is 4.79 Å². The molecule has 22 heavy (non-hydrogen) atoms. The average molecular weight is 363 g/mol. The topological polar surface area (TPSA) is 62.0 Å². The van der Waals surface area contributed by atoms with Crippen LogP contribution in [-0.4, -0.2) is 27.9 Å². The van der Waals surface area contributed by atoms with Crippen LogP contribution in [0.15, 0.2) is 38.9 Å². The molecule has 0 bridgehead atoms. The van der Waals surface area contributed by atoms with Gasteiger partial charge in [0.25, 0.3) is 0 Å². The van der Waals surface area contributed by atoms with Crippen molar-refractivity contribution in [2.45, 2.75) is 38.7 Å². The summed E-state index contributed by atoms with van der Waals surface area (Å²) in [6.45, 7) is 5.25. The van der Waals surface area contributed by atoms with Gasteiger partial charge in [0, 0.05) is 28.4 Å². The minimum absolute atomic E-state index is 0.00954. The summed E-state index contributed by atoms with van der Waals surface area (Å²) in [5.74, 6) is -0.563. The number of fused-ring (bicyclic) bond motifs is 1. The number of hydrogen-bond acceptors (Lipinski definition) is 4. The summed E-state index contributed by atoms with van der Waals surface area (Å²) >= 11 is 3.44. The molecule has 0 saturated heterocycles. The second-order valence-electron chi connectivity index (χ2n) is 6.51. The third-order valence-electron chi connectivity index (χ3n) is 4.77. The molecule has 5 heteroatoms. The molecule has 1 heterocycles. The van der Waals surface area contributed by atoms with Gasteiger partial charge in [-0.25, -0.2) is 0 Å². The summed E-state index contributed by atoms with van der Waals surface area (Å²) in [6, 6.07) is 7.95. The van der Waals surface area contributed by atoms with E-state index in [1.165, 1.54) is 0 Å². The number of carbonyl (C=O) groups excluding carboxylic acids is 1. The molecule has 1 aliphatic heterocycles. The Balaban J connectivity index is 2.14. The van der Waals surface area contributed by atoms with Gasteiger partial charge in [0.2, 0.25) is 0 Å². The lowest BCUT2D eigenvalue weighted by atomic mass is 9.59. The smallest absolute Gasteiger partial charge is 0.136 e. The molecule has 1 fully saturated rings. The zero-order chi connectivity index (χ0) is 16.1. The van der Waals surface area contributed by atoms with Gasteiger partial charge in [-0.1, -0.05) is 28.1 Å². The van der Waals surface area contributed by atoms with Crippen LogP contribution >= 0.6 is 15.9 Å². The number of benzene rings is 1. The van der Waals surface area contributed by atoms with Crippen molar-refractivity contribution in [3.8, 4) is 0 Å². The van der Waals surface area contributed by atoms with Crippen LogP contribution in [0.25, 0.3) is 0 Å². The first-order valence-electron chi connectivity index (χ1n) is 7.40. The van der Waals surface area contributed by atoms with Gasteiger partial charge in [-0.2, -0.15) is 10.2 Å². The van der Waals surface area contributed by atoms with Crippen LogP contribution in [0.2, 0.25) is 0 Å². The van der Waals surface area contributed by atoms with Gasteiger partial charge < -0.3 is 5.11 Å². The Labute approximate surface area is 138 Å². The molecule has 116 valence electrons. The molecule has 4 nitrogen and oxygen atoms in total. The minimum atomic E-state index is -1.10. The highest BCUT2D eigenvalue weighted by atomic mass is 79.9. The van der Waals surface area contributed by atoms with Gasteiger partial charge in [0.1, 0.15) is 5.78 Å². The van der Waals surface area contributed by atoms with Crippen molar-refractivity contribution in [1.29, 1.82) is 0 Å². The number of rotatable bonds is 2. The SMILES string of the molecule is CC(=O)[C@@H]1[C@H](c2ccc(Br)cc2)[C@H]2C(C)=NN=C2C[C@]1(C)O. The second kappa shape index (κ2) is 5.39. The fraction of sp³-hybridized carbons (Fsp3) is 0.471. The van der Waals surface area contributed by atoms with Crippen molar-refractivity contribution < 1.29 is 9.90 Å². The van der Waals surface area contributed by atoms with Gasteiger partial charge in [0.05, 0.1) is 17.2 Å². The average Bonchev–Trinajstić information content (AvgIpc) is 2.77. The largest absolute Gasteiger partial charge is 0.389 e. The molecule has 1 aromatic rings. The van der Waals surface area contributed by atoms with Crippen LogP contribution in [0.1, 0.15) is 38.7 Å². The molecule has 3 rings (SSSR count). The minimum Gasteiger partial charge on any atom is -0.389 e. The number of Topliss-reactive ketones (excluding diaryl/α,β-unsaturated/α-hetero) is 1. The Morgan fingerprint density at radius 3 is 2.55 bits per heavy atom. The highest BCUT2D eigenvalue weighted by Crippen LogP contribution is 2.48. The summed E-state index contributed by atoms with van der Waals surface area (Å²) in [6.07, 6.45) is 0.399. The van der Waals surface area contributed by atoms with E-state index in [9.17, 15) is 9.90 Å². The maximum Gasteiger partial charge on any atom is 0.136 e.